The molecule has 0 aliphatic heterocycles. The number of fused-ring (bicyclic) bond motifs is 5. The number of hydrogen-bond acceptors (Lipinski definition) is 2. The minimum absolute atomic E-state index is 0.0549. The molecule has 3 fully saturated rings. The van der Waals surface area contributed by atoms with Gasteiger partial charge in [0.2, 0.25) is 0 Å². The van der Waals surface area contributed by atoms with E-state index in [1.165, 1.54) is 51.4 Å². The predicted octanol–water partition coefficient (Wildman–Crippen LogP) is 6.96. The molecule has 4 rings (SSSR count). The summed E-state index contributed by atoms with van der Waals surface area (Å²) in [5.74, 6) is 4.83. The molecule has 9 atom stereocenters. The third kappa shape index (κ3) is 3.67. The Bertz CT molecular complexity index is 695. The zero-order chi connectivity index (χ0) is 22.8. The van der Waals surface area contributed by atoms with Crippen molar-refractivity contribution in [3.05, 3.63) is 11.6 Å². The van der Waals surface area contributed by atoms with Crippen molar-refractivity contribution >= 4 is 0 Å². The fourth-order valence-electron chi connectivity index (χ4n) is 9.36. The lowest BCUT2D eigenvalue weighted by atomic mass is 9.44. The summed E-state index contributed by atoms with van der Waals surface area (Å²) in [4.78, 5) is 0. The highest BCUT2D eigenvalue weighted by Crippen LogP contribution is 2.68. The molecule has 0 amide bonds. The van der Waals surface area contributed by atoms with Gasteiger partial charge in [-0.05, 0) is 104 Å². The van der Waals surface area contributed by atoms with E-state index in [2.05, 4.69) is 54.5 Å². The van der Waals surface area contributed by atoms with Gasteiger partial charge in [-0.2, -0.15) is 0 Å². The lowest BCUT2D eigenvalue weighted by Gasteiger charge is -2.61. The summed E-state index contributed by atoms with van der Waals surface area (Å²) in [6.07, 6.45) is 14.0. The maximum Gasteiger partial charge on any atom is 0.0628 e. The van der Waals surface area contributed by atoms with E-state index in [9.17, 15) is 5.11 Å². The van der Waals surface area contributed by atoms with E-state index in [0.717, 1.165) is 36.0 Å². The molecule has 4 aliphatic carbocycles. The lowest BCUT2D eigenvalue weighted by molar-refractivity contribution is -0.0782. The minimum atomic E-state index is -0.175. The zero-order valence-electron chi connectivity index (χ0n) is 21.6. The maximum atomic E-state index is 10.7. The monoisotopic (exact) mass is 429 g/mol. The molecule has 0 aromatic heterocycles. The summed E-state index contributed by atoms with van der Waals surface area (Å²) in [5, 5.41) is 10.7. The number of hydrogen-bond donors (Lipinski definition) is 2. The molecule has 0 radical (unpaired) electrons. The van der Waals surface area contributed by atoms with Crippen LogP contribution in [0.1, 0.15) is 106 Å². The second-order valence-electron chi connectivity index (χ2n) is 13.6. The van der Waals surface area contributed by atoms with Crippen LogP contribution in [-0.4, -0.2) is 17.3 Å². The van der Waals surface area contributed by atoms with Crippen molar-refractivity contribution in [2.75, 3.05) is 0 Å². The Hall–Kier alpha value is -0.340. The molecule has 2 heteroatoms. The van der Waals surface area contributed by atoms with Crippen LogP contribution in [0.15, 0.2) is 11.6 Å². The van der Waals surface area contributed by atoms with Crippen LogP contribution in [0.5, 0.6) is 0 Å². The van der Waals surface area contributed by atoms with Crippen molar-refractivity contribution < 1.29 is 5.11 Å². The first-order valence-electron chi connectivity index (χ1n) is 13.6. The number of rotatable bonds is 5. The van der Waals surface area contributed by atoms with Gasteiger partial charge >= 0.3 is 0 Å². The molecule has 0 saturated heterocycles. The Balaban J connectivity index is 1.53. The molecule has 0 bridgehead atoms. The Morgan fingerprint density at radius 3 is 2.35 bits per heavy atom. The SMILES string of the molecule is CC(C)C(N)CC[C@@H](C)C1CCC2C3CC=C4C(C)(C)[C@@H](O)CC[C@]4(C)C3CC[C@@]21C. The Kier molecular flexibility index (Phi) is 6.26. The molecule has 3 saturated carbocycles. The molecule has 178 valence electrons. The smallest absolute Gasteiger partial charge is 0.0628 e. The molecule has 2 nitrogen and oxygen atoms in total. The van der Waals surface area contributed by atoms with Gasteiger partial charge in [0.1, 0.15) is 0 Å². The van der Waals surface area contributed by atoms with Crippen molar-refractivity contribution in [2.24, 2.45) is 57.5 Å². The van der Waals surface area contributed by atoms with Gasteiger partial charge < -0.3 is 10.8 Å². The standard InChI is InChI=1S/C29H51NO/c1-18(2)24(30)12-8-19(3)21-10-11-22-20-9-13-25-27(4,5)26(31)15-17-29(25,7)23(20)14-16-28(21,22)6/h13,18-24,26,31H,8-12,14-17,30H2,1-7H3/t19-,20?,21?,22?,23?,24?,26+,28-,29-/m1/s1. The summed E-state index contributed by atoms with van der Waals surface area (Å²) < 4.78 is 0. The van der Waals surface area contributed by atoms with Crippen LogP contribution in [0, 0.1) is 51.8 Å². The molecule has 5 unspecified atom stereocenters. The fourth-order valence-corrected chi connectivity index (χ4v) is 9.36. The number of aliphatic hydroxyl groups excluding tert-OH is 1. The van der Waals surface area contributed by atoms with Gasteiger partial charge in [0.05, 0.1) is 6.10 Å². The van der Waals surface area contributed by atoms with Crippen LogP contribution in [0.3, 0.4) is 0 Å². The van der Waals surface area contributed by atoms with E-state index in [1.807, 2.05) is 0 Å². The first kappa shape index (κ1) is 23.8. The second kappa shape index (κ2) is 8.15. The topological polar surface area (TPSA) is 46.2 Å². The Morgan fingerprint density at radius 1 is 0.968 bits per heavy atom. The van der Waals surface area contributed by atoms with Gasteiger partial charge in [0, 0.05) is 11.5 Å². The van der Waals surface area contributed by atoms with Crippen LogP contribution < -0.4 is 5.73 Å². The fraction of sp³-hybridized carbons (Fsp3) is 0.931. The first-order chi connectivity index (χ1) is 14.4. The van der Waals surface area contributed by atoms with Gasteiger partial charge in [-0.3, -0.25) is 0 Å². The first-order valence-corrected chi connectivity index (χ1v) is 13.6. The highest BCUT2D eigenvalue weighted by atomic mass is 16.3. The van der Waals surface area contributed by atoms with Crippen molar-refractivity contribution in [3.63, 3.8) is 0 Å². The highest BCUT2D eigenvalue weighted by molar-refractivity contribution is 5.31. The summed E-state index contributed by atoms with van der Waals surface area (Å²) in [5.41, 5.74) is 8.76. The second-order valence-corrected chi connectivity index (χ2v) is 13.6. The largest absolute Gasteiger partial charge is 0.392 e. The molecule has 3 N–H and O–H groups in total. The van der Waals surface area contributed by atoms with Gasteiger partial charge in [-0.15, -0.1) is 0 Å². The van der Waals surface area contributed by atoms with Gasteiger partial charge in [0.25, 0.3) is 0 Å². The van der Waals surface area contributed by atoms with Crippen LogP contribution in [-0.2, 0) is 0 Å². The number of allylic oxidation sites excluding steroid dienone is 1. The molecular weight excluding hydrogens is 378 g/mol. The summed E-state index contributed by atoms with van der Waals surface area (Å²) in [6.45, 7) is 16.9. The van der Waals surface area contributed by atoms with E-state index < -0.39 is 0 Å². The normalized spacial score (nSPS) is 46.0. The Labute approximate surface area is 192 Å². The summed E-state index contributed by atoms with van der Waals surface area (Å²) >= 11 is 0. The summed E-state index contributed by atoms with van der Waals surface area (Å²) in [6, 6.07) is 0.357. The highest BCUT2D eigenvalue weighted by Gasteiger charge is 2.61. The van der Waals surface area contributed by atoms with E-state index in [-0.39, 0.29) is 11.5 Å². The molecular formula is C29H51NO. The third-order valence-corrected chi connectivity index (χ3v) is 11.5. The van der Waals surface area contributed by atoms with Crippen molar-refractivity contribution in [3.8, 4) is 0 Å². The quantitative estimate of drug-likeness (QED) is 0.464. The summed E-state index contributed by atoms with van der Waals surface area (Å²) in [7, 11) is 0. The van der Waals surface area contributed by atoms with E-state index in [0.29, 0.717) is 22.8 Å². The van der Waals surface area contributed by atoms with Crippen molar-refractivity contribution in [2.45, 2.75) is 118 Å². The number of aliphatic hydroxyl groups is 1. The van der Waals surface area contributed by atoms with E-state index in [1.54, 1.807) is 5.57 Å². The van der Waals surface area contributed by atoms with Crippen LogP contribution in [0.25, 0.3) is 0 Å². The Morgan fingerprint density at radius 2 is 1.68 bits per heavy atom. The van der Waals surface area contributed by atoms with Crippen LogP contribution >= 0.6 is 0 Å². The molecule has 0 spiro atoms. The van der Waals surface area contributed by atoms with Gasteiger partial charge in [0.15, 0.2) is 0 Å². The predicted molar refractivity (Wildman–Crippen MR) is 132 cm³/mol. The minimum Gasteiger partial charge on any atom is -0.392 e. The molecule has 4 aliphatic rings. The average Bonchev–Trinajstić information content (AvgIpc) is 3.06. The van der Waals surface area contributed by atoms with Crippen LogP contribution in [0.2, 0.25) is 0 Å². The van der Waals surface area contributed by atoms with Crippen molar-refractivity contribution in [1.82, 2.24) is 0 Å². The van der Waals surface area contributed by atoms with Gasteiger partial charge in [-0.25, -0.2) is 0 Å². The third-order valence-electron chi connectivity index (χ3n) is 11.5. The molecule has 0 heterocycles. The van der Waals surface area contributed by atoms with E-state index in [4.69, 9.17) is 5.73 Å². The maximum absolute atomic E-state index is 10.7. The molecule has 31 heavy (non-hydrogen) atoms. The van der Waals surface area contributed by atoms with Crippen LogP contribution in [0.4, 0.5) is 0 Å². The van der Waals surface area contributed by atoms with Gasteiger partial charge in [-0.1, -0.05) is 60.1 Å². The zero-order valence-corrected chi connectivity index (χ0v) is 21.6. The lowest BCUT2D eigenvalue weighted by Crippen LogP contribution is -2.54. The molecule has 0 aromatic carbocycles. The average molecular weight is 430 g/mol. The number of nitrogens with two attached hydrogens (primary N) is 1. The molecule has 0 aromatic rings. The van der Waals surface area contributed by atoms with Crippen molar-refractivity contribution in [1.29, 1.82) is 0 Å². The van der Waals surface area contributed by atoms with E-state index >= 15 is 0 Å².